The predicted molar refractivity (Wildman–Crippen MR) is 94.5 cm³/mol. The van der Waals surface area contributed by atoms with Crippen LogP contribution in [0.5, 0.6) is 5.75 Å². The summed E-state index contributed by atoms with van der Waals surface area (Å²) in [6.07, 6.45) is 1.10. The molecule has 24 heavy (non-hydrogen) atoms. The molecular formula is C13H21ClN2O6S2. The first-order valence-corrected chi connectivity index (χ1v) is 9.68. The maximum atomic E-state index is 12.1. The first kappa shape index (κ1) is 21.0. The Labute approximate surface area is 151 Å². The third-order valence-electron chi connectivity index (χ3n) is 3.46. The monoisotopic (exact) mass is 400 g/mol. The normalized spacial score (nSPS) is 15.6. The summed E-state index contributed by atoms with van der Waals surface area (Å²) in [6.45, 7) is 3.53. The molecule has 0 unspecified atom stereocenters. The van der Waals surface area contributed by atoms with Gasteiger partial charge in [-0.3, -0.25) is 9.21 Å². The average Bonchev–Trinajstić information content (AvgIpc) is 2.91. The van der Waals surface area contributed by atoms with Gasteiger partial charge in [-0.25, -0.2) is 13.2 Å². The number of nitrogens with zero attached hydrogens (tertiary/aromatic N) is 2. The molecule has 0 spiro atoms. The molecule has 1 aromatic rings. The zero-order valence-corrected chi connectivity index (χ0v) is 15.9. The van der Waals surface area contributed by atoms with Crippen LogP contribution in [0.1, 0.15) is 9.67 Å². The number of hydrogen-bond donors (Lipinski definition) is 1. The van der Waals surface area contributed by atoms with E-state index in [2.05, 4.69) is 4.90 Å². The van der Waals surface area contributed by atoms with Crippen LogP contribution in [0.3, 0.4) is 0 Å². The number of carboxylic acid groups (broad SMARTS) is 1. The summed E-state index contributed by atoms with van der Waals surface area (Å²) in [4.78, 5) is 13.3. The highest BCUT2D eigenvalue weighted by Gasteiger charge is 2.26. The molecule has 0 bridgehead atoms. The van der Waals surface area contributed by atoms with Gasteiger partial charge in [0.15, 0.2) is 5.75 Å². The van der Waals surface area contributed by atoms with Gasteiger partial charge in [-0.15, -0.1) is 23.7 Å². The molecule has 0 aromatic carbocycles. The Morgan fingerprint density at radius 3 is 2.58 bits per heavy atom. The van der Waals surface area contributed by atoms with Crippen molar-refractivity contribution in [3.05, 3.63) is 10.9 Å². The number of anilines is 1. The molecule has 1 aliphatic heterocycles. The minimum Gasteiger partial charge on any atom is -0.494 e. The molecule has 11 heteroatoms. The largest absolute Gasteiger partial charge is 0.494 e. The highest BCUT2D eigenvalue weighted by atomic mass is 35.5. The van der Waals surface area contributed by atoms with Gasteiger partial charge < -0.3 is 14.6 Å². The summed E-state index contributed by atoms with van der Waals surface area (Å²) < 4.78 is 35.9. The molecule has 0 amide bonds. The number of ether oxygens (including phenoxy) is 2. The van der Waals surface area contributed by atoms with Gasteiger partial charge in [-0.2, -0.15) is 0 Å². The zero-order valence-electron chi connectivity index (χ0n) is 13.4. The van der Waals surface area contributed by atoms with Crippen molar-refractivity contribution < 1.29 is 27.8 Å². The van der Waals surface area contributed by atoms with Crippen LogP contribution in [0, 0.1) is 0 Å². The highest BCUT2D eigenvalue weighted by molar-refractivity contribution is 7.92. The first-order chi connectivity index (χ1) is 10.8. The maximum Gasteiger partial charge on any atom is 0.346 e. The standard InChI is InChI=1S/C13H20N2O6S2.ClH/c1-20-10-9-11(13(16)17)22-12(10)15(23(2,18)19)4-3-14-5-7-21-8-6-14;/h9H,3-8H2,1-2H3,(H,16,17);1H. The molecule has 138 valence electrons. The Morgan fingerprint density at radius 2 is 2.08 bits per heavy atom. The van der Waals surface area contributed by atoms with E-state index in [9.17, 15) is 13.2 Å². The summed E-state index contributed by atoms with van der Waals surface area (Å²) in [5, 5.41) is 9.39. The molecule has 8 nitrogen and oxygen atoms in total. The smallest absolute Gasteiger partial charge is 0.346 e. The molecule has 0 saturated carbocycles. The second-order valence-corrected chi connectivity index (χ2v) is 8.02. The van der Waals surface area contributed by atoms with E-state index in [1.54, 1.807) is 0 Å². The Hall–Kier alpha value is -1.07. The number of carboxylic acids is 1. The fourth-order valence-corrected chi connectivity index (χ4v) is 4.49. The van der Waals surface area contributed by atoms with Crippen LogP contribution in [0.4, 0.5) is 5.00 Å². The van der Waals surface area contributed by atoms with Crippen LogP contribution in [-0.2, 0) is 14.8 Å². The Morgan fingerprint density at radius 1 is 1.46 bits per heavy atom. The van der Waals surface area contributed by atoms with Crippen LogP contribution in [0.15, 0.2) is 6.07 Å². The highest BCUT2D eigenvalue weighted by Crippen LogP contribution is 2.39. The van der Waals surface area contributed by atoms with E-state index in [1.807, 2.05) is 0 Å². The number of carbonyl (C=O) groups is 1. The van der Waals surface area contributed by atoms with Gasteiger partial charge in [0.25, 0.3) is 0 Å². The fourth-order valence-electron chi connectivity index (χ4n) is 2.27. The van der Waals surface area contributed by atoms with Crippen LogP contribution >= 0.6 is 23.7 Å². The van der Waals surface area contributed by atoms with Crippen molar-refractivity contribution in [2.24, 2.45) is 0 Å². The number of rotatable bonds is 7. The van der Waals surface area contributed by atoms with E-state index >= 15 is 0 Å². The summed E-state index contributed by atoms with van der Waals surface area (Å²) in [5.41, 5.74) is 0. The second kappa shape index (κ2) is 8.86. The lowest BCUT2D eigenvalue weighted by Crippen LogP contribution is -2.42. The number of thiophene rings is 1. The van der Waals surface area contributed by atoms with Crippen molar-refractivity contribution in [2.45, 2.75) is 0 Å². The molecule has 1 N–H and O–H groups in total. The first-order valence-electron chi connectivity index (χ1n) is 7.02. The van der Waals surface area contributed by atoms with Crippen molar-refractivity contribution in [3.63, 3.8) is 0 Å². The van der Waals surface area contributed by atoms with Gasteiger partial charge in [0.05, 0.1) is 26.6 Å². The molecule has 1 saturated heterocycles. The lowest BCUT2D eigenvalue weighted by atomic mass is 10.4. The number of sulfonamides is 1. The zero-order chi connectivity index (χ0) is 17.0. The van der Waals surface area contributed by atoms with Crippen molar-refractivity contribution in [1.29, 1.82) is 0 Å². The lowest BCUT2D eigenvalue weighted by Gasteiger charge is -2.29. The fraction of sp³-hybridized carbons (Fsp3) is 0.615. The van der Waals surface area contributed by atoms with Crippen molar-refractivity contribution >= 4 is 44.7 Å². The number of halogens is 1. The molecule has 0 radical (unpaired) electrons. The predicted octanol–water partition coefficient (Wildman–Crippen LogP) is 0.975. The number of morpholine rings is 1. The molecule has 1 fully saturated rings. The third-order valence-corrected chi connectivity index (χ3v) is 5.87. The number of aromatic carboxylic acids is 1. The van der Waals surface area contributed by atoms with Crippen molar-refractivity contribution in [2.75, 3.05) is 57.1 Å². The minimum atomic E-state index is -3.55. The van der Waals surface area contributed by atoms with E-state index in [4.69, 9.17) is 14.6 Å². The molecular weight excluding hydrogens is 380 g/mol. The van der Waals surface area contributed by atoms with Gasteiger partial charge in [0.2, 0.25) is 10.0 Å². The minimum absolute atomic E-state index is 0. The molecule has 2 rings (SSSR count). The maximum absolute atomic E-state index is 12.1. The van der Waals surface area contributed by atoms with Gasteiger partial charge in [-0.05, 0) is 0 Å². The van der Waals surface area contributed by atoms with Crippen LogP contribution in [0.2, 0.25) is 0 Å². The second-order valence-electron chi connectivity index (χ2n) is 5.08. The topological polar surface area (TPSA) is 96.4 Å². The third kappa shape index (κ3) is 5.21. The van der Waals surface area contributed by atoms with Gasteiger partial charge in [-0.1, -0.05) is 0 Å². The lowest BCUT2D eigenvalue weighted by molar-refractivity contribution is 0.0395. The molecule has 1 aliphatic rings. The summed E-state index contributed by atoms with van der Waals surface area (Å²) in [5.74, 6) is -0.860. The summed E-state index contributed by atoms with van der Waals surface area (Å²) >= 11 is 0.893. The van der Waals surface area contributed by atoms with E-state index in [0.717, 1.165) is 30.7 Å². The van der Waals surface area contributed by atoms with Gasteiger partial charge >= 0.3 is 5.97 Å². The molecule has 2 heterocycles. The van der Waals surface area contributed by atoms with Gasteiger partial charge in [0.1, 0.15) is 9.88 Å². The molecule has 1 aromatic heterocycles. The van der Waals surface area contributed by atoms with Crippen LogP contribution < -0.4 is 9.04 Å². The van der Waals surface area contributed by atoms with E-state index in [-0.39, 0.29) is 29.6 Å². The number of hydrogen-bond acceptors (Lipinski definition) is 7. The quantitative estimate of drug-likeness (QED) is 0.728. The van der Waals surface area contributed by atoms with Crippen molar-refractivity contribution in [1.82, 2.24) is 4.90 Å². The Bertz CT molecular complexity index is 657. The average molecular weight is 401 g/mol. The Kier molecular flexibility index (Phi) is 7.74. The molecule has 0 aliphatic carbocycles. The van der Waals surface area contributed by atoms with Crippen LogP contribution in [-0.4, -0.2) is 77.2 Å². The van der Waals surface area contributed by atoms with Gasteiger partial charge in [0, 0.05) is 32.2 Å². The van der Waals surface area contributed by atoms with E-state index in [0.29, 0.717) is 24.8 Å². The summed E-state index contributed by atoms with van der Waals surface area (Å²) in [7, 11) is -2.16. The van der Waals surface area contributed by atoms with Crippen molar-refractivity contribution in [3.8, 4) is 5.75 Å². The van der Waals surface area contributed by atoms with E-state index in [1.165, 1.54) is 17.5 Å². The SMILES string of the molecule is COc1cc(C(=O)O)sc1N(CCN1CCOCC1)S(C)(=O)=O.Cl. The number of methoxy groups -OCH3 is 1. The van der Waals surface area contributed by atoms with E-state index < -0.39 is 16.0 Å². The Balaban J connectivity index is 0.00000288. The summed E-state index contributed by atoms with van der Waals surface area (Å²) in [6, 6.07) is 1.34. The van der Waals surface area contributed by atoms with Crippen LogP contribution in [0.25, 0.3) is 0 Å². The molecule has 0 atom stereocenters.